The molecule has 30 heavy (non-hydrogen) atoms. The Balaban J connectivity index is 1.71. The first-order chi connectivity index (χ1) is 15.1. The molecule has 158 valence electrons. The van der Waals surface area contributed by atoms with Crippen molar-refractivity contribution in [3.63, 3.8) is 0 Å². The number of hydrogen-bond acceptors (Lipinski definition) is 5. The zero-order chi connectivity index (χ0) is 22.9. The SMILES string of the molecule is [2H]C1([2H])COCCN(C(=O)c2cc3c(cn2)c(Cc2ccccn2)nn3CC(F)(F)F)C1. The topological polar surface area (TPSA) is 73.1 Å². The molecule has 1 amide bonds. The normalized spacial score (nSPS) is 18.0. The molecule has 0 aliphatic carbocycles. The summed E-state index contributed by atoms with van der Waals surface area (Å²) < 4.78 is 61.3. The second kappa shape index (κ2) is 8.39. The Hall–Kier alpha value is -3.01. The fourth-order valence-corrected chi connectivity index (χ4v) is 3.26. The minimum absolute atomic E-state index is 0.0806. The van der Waals surface area contributed by atoms with Gasteiger partial charge in [-0.1, -0.05) is 6.07 Å². The Kier molecular flexibility index (Phi) is 4.98. The van der Waals surface area contributed by atoms with E-state index in [9.17, 15) is 18.0 Å². The second-order valence-electron chi connectivity index (χ2n) is 6.83. The van der Waals surface area contributed by atoms with Crippen LogP contribution in [0.15, 0.2) is 36.7 Å². The fourth-order valence-electron chi connectivity index (χ4n) is 3.26. The first-order valence-electron chi connectivity index (χ1n) is 10.3. The van der Waals surface area contributed by atoms with Crippen LogP contribution in [0.1, 0.15) is 31.0 Å². The Morgan fingerprint density at radius 1 is 1.23 bits per heavy atom. The molecule has 1 fully saturated rings. The van der Waals surface area contributed by atoms with Crippen molar-refractivity contribution in [2.45, 2.75) is 25.5 Å². The third kappa shape index (κ3) is 4.59. The smallest absolute Gasteiger partial charge is 0.380 e. The molecule has 0 N–H and O–H groups in total. The van der Waals surface area contributed by atoms with Crippen LogP contribution in [0.4, 0.5) is 13.2 Å². The maximum Gasteiger partial charge on any atom is 0.408 e. The summed E-state index contributed by atoms with van der Waals surface area (Å²) in [5.74, 6) is -0.577. The van der Waals surface area contributed by atoms with Crippen LogP contribution in [0.2, 0.25) is 0 Å². The summed E-state index contributed by atoms with van der Waals surface area (Å²) >= 11 is 0. The first-order valence-corrected chi connectivity index (χ1v) is 9.30. The molecular formula is C20H20F3N5O2. The highest BCUT2D eigenvalue weighted by Crippen LogP contribution is 2.25. The average molecular weight is 421 g/mol. The van der Waals surface area contributed by atoms with Gasteiger partial charge < -0.3 is 9.64 Å². The van der Waals surface area contributed by atoms with Gasteiger partial charge in [0, 0.05) is 52.3 Å². The van der Waals surface area contributed by atoms with Crippen LogP contribution < -0.4 is 0 Å². The summed E-state index contributed by atoms with van der Waals surface area (Å²) in [7, 11) is 0. The highest BCUT2D eigenvalue weighted by atomic mass is 19.4. The van der Waals surface area contributed by atoms with Gasteiger partial charge in [0.25, 0.3) is 5.91 Å². The second-order valence-corrected chi connectivity index (χ2v) is 6.83. The maximum absolute atomic E-state index is 13.2. The van der Waals surface area contributed by atoms with E-state index in [4.69, 9.17) is 7.48 Å². The molecule has 1 saturated heterocycles. The third-order valence-electron chi connectivity index (χ3n) is 4.63. The van der Waals surface area contributed by atoms with Gasteiger partial charge in [-0.3, -0.25) is 19.4 Å². The lowest BCUT2D eigenvalue weighted by atomic mass is 10.1. The van der Waals surface area contributed by atoms with Crippen LogP contribution in [0.5, 0.6) is 0 Å². The Morgan fingerprint density at radius 3 is 2.87 bits per heavy atom. The van der Waals surface area contributed by atoms with Gasteiger partial charge in [0.05, 0.1) is 17.8 Å². The van der Waals surface area contributed by atoms with Crippen molar-refractivity contribution in [1.82, 2.24) is 24.6 Å². The van der Waals surface area contributed by atoms with Gasteiger partial charge in [-0.2, -0.15) is 18.3 Å². The molecule has 1 aliphatic heterocycles. The molecule has 10 heteroatoms. The lowest BCUT2D eigenvalue weighted by Crippen LogP contribution is -2.33. The molecule has 7 nitrogen and oxygen atoms in total. The summed E-state index contributed by atoms with van der Waals surface area (Å²) in [5.41, 5.74) is 1.05. The number of halogens is 3. The van der Waals surface area contributed by atoms with E-state index in [1.54, 1.807) is 24.4 Å². The first kappa shape index (κ1) is 17.8. The number of rotatable bonds is 4. The molecule has 0 spiro atoms. The van der Waals surface area contributed by atoms with Crippen LogP contribution in [-0.4, -0.2) is 63.0 Å². The predicted octanol–water partition coefficient (Wildman–Crippen LogP) is 2.84. The van der Waals surface area contributed by atoms with Crippen molar-refractivity contribution in [2.24, 2.45) is 0 Å². The minimum Gasteiger partial charge on any atom is -0.380 e. The Bertz CT molecular complexity index is 1120. The van der Waals surface area contributed by atoms with Gasteiger partial charge in [-0.15, -0.1) is 0 Å². The predicted molar refractivity (Wildman–Crippen MR) is 102 cm³/mol. The molecule has 0 bridgehead atoms. The highest BCUT2D eigenvalue weighted by molar-refractivity contribution is 5.96. The number of alkyl halides is 3. The van der Waals surface area contributed by atoms with Crippen molar-refractivity contribution in [2.75, 3.05) is 26.3 Å². The number of aromatic nitrogens is 4. The number of carbonyl (C=O) groups is 1. The molecule has 3 aromatic heterocycles. The van der Waals surface area contributed by atoms with Gasteiger partial charge in [0.2, 0.25) is 0 Å². The van der Waals surface area contributed by atoms with Crippen molar-refractivity contribution in [3.8, 4) is 0 Å². The number of nitrogens with zero attached hydrogens (tertiary/aromatic N) is 5. The monoisotopic (exact) mass is 421 g/mol. The van der Waals surface area contributed by atoms with Gasteiger partial charge >= 0.3 is 6.18 Å². The number of ether oxygens (including phenoxy) is 1. The standard InChI is InChI=1S/C20H20F3N5O2/c21-20(22,23)13-28-18-11-17(19(29)27-6-3-8-30-9-7-27)25-12-15(18)16(26-28)10-14-4-1-2-5-24-14/h1-2,4-5,11-12H,3,6-10,13H2/i3D2. The molecule has 0 radical (unpaired) electrons. The van der Waals surface area contributed by atoms with E-state index in [1.807, 2.05) is 0 Å². The van der Waals surface area contributed by atoms with E-state index in [0.29, 0.717) is 16.8 Å². The van der Waals surface area contributed by atoms with Crippen LogP contribution in [-0.2, 0) is 17.7 Å². The van der Waals surface area contributed by atoms with E-state index in [-0.39, 0.29) is 43.9 Å². The lowest BCUT2D eigenvalue weighted by molar-refractivity contribution is -0.141. The van der Waals surface area contributed by atoms with Crippen LogP contribution in [0.3, 0.4) is 0 Å². The summed E-state index contributed by atoms with van der Waals surface area (Å²) in [5, 5.41) is 4.53. The van der Waals surface area contributed by atoms with Gasteiger partial charge in [0.15, 0.2) is 0 Å². The molecule has 1 aliphatic rings. The Labute approximate surface area is 173 Å². The molecule has 0 saturated carbocycles. The average Bonchev–Trinajstić information content (AvgIpc) is 2.92. The van der Waals surface area contributed by atoms with Crippen molar-refractivity contribution < 1.29 is 25.4 Å². The molecule has 3 aromatic rings. The zero-order valence-corrected chi connectivity index (χ0v) is 15.9. The van der Waals surface area contributed by atoms with E-state index in [2.05, 4.69) is 15.1 Å². The molecule has 4 rings (SSSR count). The minimum atomic E-state index is -4.51. The molecule has 0 atom stereocenters. The molecule has 0 aromatic carbocycles. The van der Waals surface area contributed by atoms with E-state index < -0.39 is 25.0 Å². The van der Waals surface area contributed by atoms with Gasteiger partial charge in [0.1, 0.15) is 12.2 Å². The van der Waals surface area contributed by atoms with Gasteiger partial charge in [-0.25, -0.2) is 0 Å². The van der Waals surface area contributed by atoms with Crippen LogP contribution in [0.25, 0.3) is 10.9 Å². The summed E-state index contributed by atoms with van der Waals surface area (Å²) in [6, 6.07) is 6.53. The highest BCUT2D eigenvalue weighted by Gasteiger charge is 2.30. The molecule has 4 heterocycles. The number of carbonyl (C=O) groups excluding carboxylic acids is 1. The number of fused-ring (bicyclic) bond motifs is 1. The molecule has 0 unspecified atom stereocenters. The van der Waals surface area contributed by atoms with E-state index in [1.165, 1.54) is 17.2 Å². The Morgan fingerprint density at radius 2 is 2.10 bits per heavy atom. The van der Waals surface area contributed by atoms with Crippen LogP contribution in [0, 0.1) is 0 Å². The third-order valence-corrected chi connectivity index (χ3v) is 4.63. The zero-order valence-electron chi connectivity index (χ0n) is 17.9. The lowest BCUT2D eigenvalue weighted by Gasteiger charge is -2.19. The van der Waals surface area contributed by atoms with Crippen molar-refractivity contribution in [3.05, 3.63) is 53.7 Å². The number of amides is 1. The van der Waals surface area contributed by atoms with E-state index >= 15 is 0 Å². The van der Waals surface area contributed by atoms with Gasteiger partial charge in [-0.05, 0) is 24.6 Å². The number of hydrogen-bond donors (Lipinski definition) is 0. The van der Waals surface area contributed by atoms with Crippen molar-refractivity contribution in [1.29, 1.82) is 0 Å². The summed E-state index contributed by atoms with van der Waals surface area (Å²) in [4.78, 5) is 22.6. The van der Waals surface area contributed by atoms with E-state index in [0.717, 1.165) is 4.68 Å². The number of pyridine rings is 2. The van der Waals surface area contributed by atoms with Crippen molar-refractivity contribution >= 4 is 16.8 Å². The summed E-state index contributed by atoms with van der Waals surface area (Å²) in [6.07, 6.45) is -3.11. The quantitative estimate of drug-likeness (QED) is 0.648. The molecular weight excluding hydrogens is 399 g/mol. The largest absolute Gasteiger partial charge is 0.408 e. The summed E-state index contributed by atoms with van der Waals surface area (Å²) in [6.45, 7) is -1.33. The van der Waals surface area contributed by atoms with Crippen LogP contribution >= 0.6 is 0 Å². The fraction of sp³-hybridized carbons (Fsp3) is 0.400. The maximum atomic E-state index is 13.2.